The minimum atomic E-state index is -4.29. The summed E-state index contributed by atoms with van der Waals surface area (Å²) in [6.45, 7) is 0. The summed E-state index contributed by atoms with van der Waals surface area (Å²) in [6, 6.07) is 0. The van der Waals surface area contributed by atoms with E-state index in [1.807, 2.05) is 0 Å². The first-order valence-corrected chi connectivity index (χ1v) is 3.27. The van der Waals surface area contributed by atoms with Gasteiger partial charge in [-0.1, -0.05) is 0 Å². The fraction of sp³-hybridized carbons (Fsp3) is 0.800. The Bertz CT molecular complexity index is 217. The van der Waals surface area contributed by atoms with Crippen molar-refractivity contribution in [3.05, 3.63) is 0 Å². The molecule has 0 aromatic rings. The van der Waals surface area contributed by atoms with Crippen LogP contribution in [-0.2, 0) is 4.74 Å². The molecule has 12 heavy (non-hydrogen) atoms. The highest BCUT2D eigenvalue weighted by Gasteiger charge is 2.73. The zero-order chi connectivity index (χ0) is 9.57. The molecule has 0 radical (unpaired) electrons. The lowest BCUT2D eigenvalue weighted by Crippen LogP contribution is -2.63. The third kappa shape index (κ3) is 1.24. The van der Waals surface area contributed by atoms with Crippen molar-refractivity contribution in [2.45, 2.75) is 24.4 Å². The van der Waals surface area contributed by atoms with Crippen molar-refractivity contribution in [3.8, 4) is 0 Å². The predicted molar refractivity (Wildman–Crippen MR) is 30.6 cm³/mol. The molecule has 70 valence electrons. The van der Waals surface area contributed by atoms with Gasteiger partial charge in [0.2, 0.25) is 0 Å². The van der Waals surface area contributed by atoms with Crippen molar-refractivity contribution in [2.24, 2.45) is 0 Å². The topological polar surface area (TPSA) is 26.3 Å². The molecule has 1 aliphatic carbocycles. The first-order chi connectivity index (χ1) is 5.27. The Morgan fingerprint density at radius 1 is 1.42 bits per heavy atom. The summed E-state index contributed by atoms with van der Waals surface area (Å²) in [6.07, 6.45) is -3.28. The molecule has 0 saturated heterocycles. The lowest BCUT2D eigenvalue weighted by Gasteiger charge is -2.41. The number of halogens is 5. The summed E-state index contributed by atoms with van der Waals surface area (Å²) in [5, 5.41) is 0. The minimum absolute atomic E-state index is 1.18. The monoisotopic (exact) mass is 206 g/mol. The Kier molecular flexibility index (Phi) is 1.98. The van der Waals surface area contributed by atoms with Gasteiger partial charge in [-0.2, -0.15) is 17.6 Å². The molecule has 0 aromatic heterocycles. The average Bonchev–Trinajstić information content (AvgIpc) is 1.85. The van der Waals surface area contributed by atoms with Crippen LogP contribution in [0.2, 0.25) is 0 Å². The number of ether oxygens (including phenoxy) is 1. The smallest absolute Gasteiger partial charge is 0.404 e. The van der Waals surface area contributed by atoms with Gasteiger partial charge in [0.1, 0.15) is 0 Å². The molecule has 0 bridgehead atoms. The maximum absolute atomic E-state index is 12.3. The summed E-state index contributed by atoms with van der Waals surface area (Å²) < 4.78 is 52.3. The normalized spacial score (nSPS) is 30.6. The van der Waals surface area contributed by atoms with Crippen LogP contribution in [0.5, 0.6) is 0 Å². The van der Waals surface area contributed by atoms with Gasteiger partial charge in [-0.05, 0) is 0 Å². The van der Waals surface area contributed by atoms with Gasteiger partial charge in [0.05, 0.1) is 6.42 Å². The van der Waals surface area contributed by atoms with Crippen molar-refractivity contribution in [1.82, 2.24) is 0 Å². The van der Waals surface area contributed by atoms with Crippen molar-refractivity contribution in [1.29, 1.82) is 0 Å². The van der Waals surface area contributed by atoms with E-state index < -0.39 is 29.8 Å². The Balaban J connectivity index is 2.60. The van der Waals surface area contributed by atoms with E-state index >= 15 is 0 Å². The van der Waals surface area contributed by atoms with Crippen LogP contribution in [0.4, 0.5) is 22.4 Å². The molecule has 0 aliphatic heterocycles. The third-order valence-corrected chi connectivity index (χ3v) is 1.66. The number of hydrogen-bond acceptors (Lipinski definition) is 2. The first kappa shape index (κ1) is 9.57. The summed E-state index contributed by atoms with van der Waals surface area (Å²) >= 11 is 4.57. The number of carbonyl (C=O) groups excluding carboxylic acids is 1. The van der Waals surface area contributed by atoms with E-state index in [1.54, 1.807) is 0 Å². The van der Waals surface area contributed by atoms with Crippen LogP contribution in [0.15, 0.2) is 0 Å². The number of carbonyl (C=O) groups is 1. The lowest BCUT2D eigenvalue weighted by atomic mass is 9.86. The van der Waals surface area contributed by atoms with E-state index in [0.29, 0.717) is 0 Å². The number of hydrogen-bond donors (Lipinski definition) is 0. The maximum atomic E-state index is 12.3. The molecule has 2 nitrogen and oxygen atoms in total. The molecule has 1 fully saturated rings. The van der Waals surface area contributed by atoms with Crippen LogP contribution in [0.25, 0.3) is 0 Å². The van der Waals surface area contributed by atoms with Gasteiger partial charge < -0.3 is 4.74 Å². The van der Waals surface area contributed by atoms with Gasteiger partial charge in [0.25, 0.3) is 0 Å². The van der Waals surface area contributed by atoms with Gasteiger partial charge in [0, 0.05) is 11.6 Å². The summed E-state index contributed by atoms with van der Waals surface area (Å²) in [5.74, 6) is -8.39. The minimum Gasteiger partial charge on any atom is -0.443 e. The Hall–Kier alpha value is -0.520. The molecule has 7 heteroatoms. The Morgan fingerprint density at radius 2 is 1.92 bits per heavy atom. The standard InChI is InChI=1S/C5H3ClF4O2/c6-3(11)12-2-1-4(7,8)5(2,9)10/h2H,1H2. The highest BCUT2D eigenvalue weighted by molar-refractivity contribution is 6.61. The molecule has 0 aromatic carbocycles. The van der Waals surface area contributed by atoms with E-state index in [9.17, 15) is 22.4 Å². The molecule has 0 amide bonds. The van der Waals surface area contributed by atoms with Gasteiger partial charge in [0.15, 0.2) is 6.10 Å². The van der Waals surface area contributed by atoms with E-state index in [4.69, 9.17) is 0 Å². The third-order valence-electron chi connectivity index (χ3n) is 1.57. The van der Waals surface area contributed by atoms with Gasteiger partial charge in [-0.25, -0.2) is 4.79 Å². The SMILES string of the molecule is O=C(Cl)OC1CC(F)(F)C1(F)F. The fourth-order valence-corrected chi connectivity index (χ4v) is 0.937. The summed E-state index contributed by atoms with van der Waals surface area (Å²) in [4.78, 5) is 9.91. The van der Waals surface area contributed by atoms with E-state index in [-0.39, 0.29) is 0 Å². The molecule has 1 saturated carbocycles. The second kappa shape index (κ2) is 2.48. The Morgan fingerprint density at radius 3 is 2.17 bits per heavy atom. The Labute approximate surface area is 69.4 Å². The molecule has 0 heterocycles. The van der Waals surface area contributed by atoms with Gasteiger partial charge in [-0.15, -0.1) is 0 Å². The molecular weight excluding hydrogens is 203 g/mol. The first-order valence-electron chi connectivity index (χ1n) is 2.89. The van der Waals surface area contributed by atoms with Crippen molar-refractivity contribution in [2.75, 3.05) is 0 Å². The molecule has 1 atom stereocenters. The zero-order valence-corrected chi connectivity index (χ0v) is 6.25. The summed E-state index contributed by atoms with van der Waals surface area (Å²) in [7, 11) is 0. The van der Waals surface area contributed by atoms with Crippen LogP contribution in [0, 0.1) is 0 Å². The van der Waals surface area contributed by atoms with E-state index in [2.05, 4.69) is 16.3 Å². The van der Waals surface area contributed by atoms with Gasteiger partial charge >= 0.3 is 17.3 Å². The van der Waals surface area contributed by atoms with Crippen molar-refractivity contribution >= 4 is 17.0 Å². The fourth-order valence-electron chi connectivity index (χ4n) is 0.829. The van der Waals surface area contributed by atoms with Crippen LogP contribution in [-0.4, -0.2) is 23.4 Å². The number of rotatable bonds is 1. The average molecular weight is 207 g/mol. The maximum Gasteiger partial charge on any atom is 0.404 e. The second-order valence-electron chi connectivity index (χ2n) is 2.38. The quantitative estimate of drug-likeness (QED) is 0.486. The molecule has 1 rings (SSSR count). The molecule has 1 aliphatic rings. The van der Waals surface area contributed by atoms with E-state index in [0.717, 1.165) is 0 Å². The largest absolute Gasteiger partial charge is 0.443 e. The highest BCUT2D eigenvalue weighted by Crippen LogP contribution is 2.52. The summed E-state index contributed by atoms with van der Waals surface area (Å²) in [5.41, 5.74) is -1.50. The van der Waals surface area contributed by atoms with Crippen LogP contribution in [0.1, 0.15) is 6.42 Å². The van der Waals surface area contributed by atoms with Crippen LogP contribution >= 0.6 is 11.6 Å². The highest BCUT2D eigenvalue weighted by atomic mass is 35.5. The number of alkyl halides is 4. The molecule has 1 unspecified atom stereocenters. The predicted octanol–water partition coefficient (Wildman–Crippen LogP) is 2.40. The van der Waals surface area contributed by atoms with Crippen LogP contribution < -0.4 is 0 Å². The van der Waals surface area contributed by atoms with Crippen molar-refractivity contribution in [3.63, 3.8) is 0 Å². The lowest BCUT2D eigenvalue weighted by molar-refractivity contribution is -0.328. The van der Waals surface area contributed by atoms with Gasteiger partial charge in [-0.3, -0.25) is 0 Å². The molecule has 0 N–H and O–H groups in total. The van der Waals surface area contributed by atoms with Crippen molar-refractivity contribution < 1.29 is 27.1 Å². The van der Waals surface area contributed by atoms with E-state index in [1.165, 1.54) is 0 Å². The molecular formula is C5H3ClF4O2. The second-order valence-corrected chi connectivity index (χ2v) is 2.68. The molecule has 0 spiro atoms. The zero-order valence-electron chi connectivity index (χ0n) is 5.49. The van der Waals surface area contributed by atoms with Crippen LogP contribution in [0.3, 0.4) is 0 Å².